The molecule has 3 aliphatic rings. The maximum atomic E-state index is 10.9. The van der Waals surface area contributed by atoms with E-state index >= 15 is 0 Å². The molecule has 0 unspecified atom stereocenters. The van der Waals surface area contributed by atoms with Gasteiger partial charge in [0.2, 0.25) is 0 Å². The first-order valence-electron chi connectivity index (χ1n) is 4.57. The van der Waals surface area contributed by atoms with Crippen LogP contribution in [-0.4, -0.2) is 40.1 Å². The van der Waals surface area contributed by atoms with Crippen molar-refractivity contribution in [3.8, 4) is 0 Å². The van der Waals surface area contributed by atoms with Crippen molar-refractivity contribution >= 4 is 11.9 Å². The Balaban J connectivity index is 2.50. The molecule has 2 N–H and O–H groups in total. The molecule has 3 heterocycles. The SMILES string of the molecule is O=C(O)C1=C(C(=O)O)N2CCC1CC2. The van der Waals surface area contributed by atoms with Gasteiger partial charge in [-0.05, 0) is 18.8 Å². The Morgan fingerprint density at radius 3 is 2.07 bits per heavy atom. The normalized spacial score (nSPS) is 21.6. The lowest BCUT2D eigenvalue weighted by atomic mass is 9.82. The van der Waals surface area contributed by atoms with Crippen LogP contribution in [0.5, 0.6) is 0 Å². The minimum atomic E-state index is -1.12. The van der Waals surface area contributed by atoms with Crippen LogP contribution < -0.4 is 0 Å². The Kier molecular flexibility index (Phi) is 1.94. The fourth-order valence-corrected chi connectivity index (χ4v) is 2.28. The molecule has 5 heteroatoms. The van der Waals surface area contributed by atoms with Gasteiger partial charge in [0.25, 0.3) is 0 Å². The van der Waals surface area contributed by atoms with Crippen molar-refractivity contribution in [1.29, 1.82) is 0 Å². The third-order valence-corrected chi connectivity index (χ3v) is 2.91. The van der Waals surface area contributed by atoms with Crippen molar-refractivity contribution in [3.05, 3.63) is 11.3 Å². The maximum Gasteiger partial charge on any atom is 0.352 e. The predicted molar refractivity (Wildman–Crippen MR) is 46.6 cm³/mol. The highest BCUT2D eigenvalue weighted by atomic mass is 16.4. The van der Waals surface area contributed by atoms with Crippen LogP contribution in [0.15, 0.2) is 11.3 Å². The van der Waals surface area contributed by atoms with Gasteiger partial charge in [-0.15, -0.1) is 0 Å². The molecule has 0 aromatic rings. The van der Waals surface area contributed by atoms with Gasteiger partial charge in [-0.1, -0.05) is 0 Å². The Hall–Kier alpha value is -1.52. The number of piperidine rings is 1. The van der Waals surface area contributed by atoms with E-state index < -0.39 is 11.9 Å². The monoisotopic (exact) mass is 197 g/mol. The summed E-state index contributed by atoms with van der Waals surface area (Å²) < 4.78 is 0. The summed E-state index contributed by atoms with van der Waals surface area (Å²) >= 11 is 0. The minimum Gasteiger partial charge on any atom is -0.478 e. The van der Waals surface area contributed by atoms with Crippen LogP contribution in [0.2, 0.25) is 0 Å². The minimum absolute atomic E-state index is 0.000000000000000666. The van der Waals surface area contributed by atoms with Crippen LogP contribution in [-0.2, 0) is 9.59 Å². The summed E-state index contributed by atoms with van der Waals surface area (Å²) in [5.41, 5.74) is 0.0926. The van der Waals surface area contributed by atoms with Crippen LogP contribution in [0.3, 0.4) is 0 Å². The van der Waals surface area contributed by atoms with E-state index in [0.29, 0.717) is 13.1 Å². The summed E-state index contributed by atoms with van der Waals surface area (Å²) in [5.74, 6) is -2.27. The first-order chi connectivity index (χ1) is 6.61. The number of nitrogens with zero attached hydrogens (tertiary/aromatic N) is 1. The molecule has 0 aromatic carbocycles. The molecule has 3 rings (SSSR count). The van der Waals surface area contributed by atoms with E-state index in [1.165, 1.54) is 0 Å². The first-order valence-corrected chi connectivity index (χ1v) is 4.57. The van der Waals surface area contributed by atoms with Crippen molar-refractivity contribution in [2.75, 3.05) is 13.1 Å². The third kappa shape index (κ3) is 1.16. The molecule has 1 saturated heterocycles. The number of carboxylic acids is 2. The number of hydrogen-bond acceptors (Lipinski definition) is 3. The second kappa shape index (κ2) is 3.01. The molecule has 0 atom stereocenters. The molecule has 0 saturated carbocycles. The maximum absolute atomic E-state index is 10.9. The fraction of sp³-hybridized carbons (Fsp3) is 0.556. The second-order valence-corrected chi connectivity index (χ2v) is 3.63. The molecule has 1 fully saturated rings. The number of hydrogen-bond donors (Lipinski definition) is 2. The van der Waals surface area contributed by atoms with E-state index in [4.69, 9.17) is 10.2 Å². The third-order valence-electron chi connectivity index (χ3n) is 2.91. The quantitative estimate of drug-likeness (QED) is 0.658. The molecule has 0 amide bonds. The Labute approximate surface area is 80.6 Å². The summed E-state index contributed by atoms with van der Waals surface area (Å²) in [6.07, 6.45) is 1.52. The zero-order valence-electron chi connectivity index (χ0n) is 7.56. The zero-order valence-corrected chi connectivity index (χ0v) is 7.56. The van der Waals surface area contributed by atoms with Crippen molar-refractivity contribution in [2.24, 2.45) is 5.92 Å². The summed E-state index contributed by atoms with van der Waals surface area (Å²) in [5, 5.41) is 17.8. The van der Waals surface area contributed by atoms with Crippen LogP contribution in [0, 0.1) is 5.92 Å². The van der Waals surface area contributed by atoms with Gasteiger partial charge in [0, 0.05) is 13.1 Å². The largest absolute Gasteiger partial charge is 0.478 e. The van der Waals surface area contributed by atoms with E-state index in [-0.39, 0.29) is 17.2 Å². The summed E-state index contributed by atoms with van der Waals surface area (Å²) in [6, 6.07) is 0. The van der Waals surface area contributed by atoms with Gasteiger partial charge in [0.1, 0.15) is 5.70 Å². The lowest BCUT2D eigenvalue weighted by Gasteiger charge is -2.40. The molecule has 2 bridgehead atoms. The number of aliphatic carboxylic acids is 2. The van der Waals surface area contributed by atoms with Crippen LogP contribution in [0.25, 0.3) is 0 Å². The predicted octanol–water partition coefficient (Wildman–Crippen LogP) is 0.135. The van der Waals surface area contributed by atoms with Gasteiger partial charge in [0.05, 0.1) is 5.57 Å². The van der Waals surface area contributed by atoms with E-state index in [0.717, 1.165) is 12.8 Å². The number of rotatable bonds is 2. The van der Waals surface area contributed by atoms with Gasteiger partial charge in [-0.25, -0.2) is 9.59 Å². The van der Waals surface area contributed by atoms with E-state index in [1.54, 1.807) is 4.90 Å². The van der Waals surface area contributed by atoms with Crippen molar-refractivity contribution in [3.63, 3.8) is 0 Å². The van der Waals surface area contributed by atoms with E-state index in [2.05, 4.69) is 0 Å². The van der Waals surface area contributed by atoms with E-state index in [1.807, 2.05) is 0 Å². The lowest BCUT2D eigenvalue weighted by molar-refractivity contribution is -0.139. The molecule has 14 heavy (non-hydrogen) atoms. The molecular formula is C9H11NO4. The van der Waals surface area contributed by atoms with Crippen molar-refractivity contribution < 1.29 is 19.8 Å². The summed E-state index contributed by atoms with van der Waals surface area (Å²) in [7, 11) is 0. The highest BCUT2D eigenvalue weighted by molar-refractivity contribution is 5.99. The van der Waals surface area contributed by atoms with E-state index in [9.17, 15) is 9.59 Å². The fourth-order valence-electron chi connectivity index (χ4n) is 2.28. The first kappa shape index (κ1) is 9.05. The Bertz CT molecular complexity index is 294. The van der Waals surface area contributed by atoms with Gasteiger partial charge >= 0.3 is 11.9 Å². The molecule has 0 spiro atoms. The molecule has 0 aliphatic carbocycles. The second-order valence-electron chi connectivity index (χ2n) is 3.63. The van der Waals surface area contributed by atoms with Crippen LogP contribution >= 0.6 is 0 Å². The molecule has 5 nitrogen and oxygen atoms in total. The lowest BCUT2D eigenvalue weighted by Crippen LogP contribution is -2.44. The van der Waals surface area contributed by atoms with Crippen LogP contribution in [0.4, 0.5) is 0 Å². The molecule has 0 radical (unpaired) electrons. The highest BCUT2D eigenvalue weighted by Gasteiger charge is 2.39. The van der Waals surface area contributed by atoms with Gasteiger partial charge < -0.3 is 15.1 Å². The van der Waals surface area contributed by atoms with Gasteiger partial charge in [0.15, 0.2) is 0 Å². The van der Waals surface area contributed by atoms with Crippen molar-refractivity contribution in [1.82, 2.24) is 4.90 Å². The highest BCUT2D eigenvalue weighted by Crippen LogP contribution is 2.35. The average Bonchev–Trinajstić information content (AvgIpc) is 2.17. The Morgan fingerprint density at radius 1 is 1.14 bits per heavy atom. The Morgan fingerprint density at radius 2 is 1.71 bits per heavy atom. The zero-order chi connectivity index (χ0) is 10.3. The number of fused-ring (bicyclic) bond motifs is 2. The summed E-state index contributed by atoms with van der Waals surface area (Å²) in [6.45, 7) is 1.34. The molecule has 0 aromatic heterocycles. The van der Waals surface area contributed by atoms with Crippen LogP contribution in [0.1, 0.15) is 12.8 Å². The number of carboxylic acid groups (broad SMARTS) is 2. The smallest absolute Gasteiger partial charge is 0.352 e. The van der Waals surface area contributed by atoms with Gasteiger partial charge in [-0.3, -0.25) is 0 Å². The topological polar surface area (TPSA) is 77.8 Å². The van der Waals surface area contributed by atoms with Crippen molar-refractivity contribution in [2.45, 2.75) is 12.8 Å². The number of carbonyl (C=O) groups is 2. The standard InChI is InChI=1S/C9H11NO4/c11-8(12)6-5-1-3-10(4-2-5)7(6)9(13)14/h5H,1-4H2,(H,11,12)(H,13,14). The summed E-state index contributed by atoms with van der Waals surface area (Å²) in [4.78, 5) is 23.5. The average molecular weight is 197 g/mol. The molecular weight excluding hydrogens is 186 g/mol. The molecule has 76 valence electrons. The van der Waals surface area contributed by atoms with Gasteiger partial charge in [-0.2, -0.15) is 0 Å². The molecule has 3 aliphatic heterocycles.